The van der Waals surface area contributed by atoms with Crippen LogP contribution in [0, 0.1) is 5.82 Å². The molecule has 27 heavy (non-hydrogen) atoms. The van der Waals surface area contributed by atoms with Gasteiger partial charge in [-0.05, 0) is 35.9 Å². The van der Waals surface area contributed by atoms with Crippen molar-refractivity contribution in [1.82, 2.24) is 29.6 Å². The molecule has 0 aliphatic rings. The number of rotatable bonds is 5. The molecular formula is C19H15FN6O. The number of aromatic nitrogens is 5. The van der Waals surface area contributed by atoms with Crippen molar-refractivity contribution in [3.8, 4) is 11.5 Å². The van der Waals surface area contributed by atoms with Gasteiger partial charge in [0.25, 0.3) is 5.91 Å². The number of imidazole rings is 1. The van der Waals surface area contributed by atoms with Gasteiger partial charge in [0.1, 0.15) is 18.0 Å². The van der Waals surface area contributed by atoms with Crippen LogP contribution in [0.5, 0.6) is 0 Å². The van der Waals surface area contributed by atoms with Gasteiger partial charge in [-0.2, -0.15) is 5.10 Å². The fourth-order valence-corrected chi connectivity index (χ4v) is 2.55. The van der Waals surface area contributed by atoms with Crippen molar-refractivity contribution < 1.29 is 9.18 Å². The Hall–Kier alpha value is -3.81. The summed E-state index contributed by atoms with van der Waals surface area (Å²) < 4.78 is 16.6. The Morgan fingerprint density at radius 2 is 2.07 bits per heavy atom. The number of nitrogens with one attached hydrogen (secondary N) is 1. The van der Waals surface area contributed by atoms with Gasteiger partial charge in [-0.3, -0.25) is 9.36 Å². The molecule has 0 saturated heterocycles. The Balaban J connectivity index is 1.40. The van der Waals surface area contributed by atoms with Crippen LogP contribution in [0.25, 0.3) is 11.5 Å². The first-order valence-corrected chi connectivity index (χ1v) is 8.22. The number of amides is 1. The van der Waals surface area contributed by atoms with E-state index in [1.54, 1.807) is 53.9 Å². The highest BCUT2D eigenvalue weighted by atomic mass is 19.1. The van der Waals surface area contributed by atoms with Gasteiger partial charge in [-0.25, -0.2) is 19.0 Å². The minimum atomic E-state index is -0.361. The van der Waals surface area contributed by atoms with Crippen molar-refractivity contribution in [1.29, 1.82) is 0 Å². The average Bonchev–Trinajstić information content (AvgIpc) is 3.38. The minimum absolute atomic E-state index is 0.252. The van der Waals surface area contributed by atoms with E-state index in [2.05, 4.69) is 20.4 Å². The average molecular weight is 362 g/mol. The van der Waals surface area contributed by atoms with E-state index in [0.29, 0.717) is 12.2 Å². The molecule has 0 aliphatic heterocycles. The van der Waals surface area contributed by atoms with E-state index >= 15 is 0 Å². The van der Waals surface area contributed by atoms with Crippen LogP contribution < -0.4 is 5.32 Å². The number of carbonyl (C=O) groups excluding carboxylic acids is 1. The maximum atomic E-state index is 13.3. The van der Waals surface area contributed by atoms with Crippen LogP contribution in [0.15, 0.2) is 73.6 Å². The Kier molecular flexibility index (Phi) is 4.44. The molecule has 4 rings (SSSR count). The van der Waals surface area contributed by atoms with Crippen LogP contribution in [-0.2, 0) is 6.54 Å². The molecular weight excluding hydrogens is 347 g/mol. The summed E-state index contributed by atoms with van der Waals surface area (Å²) in [7, 11) is 0. The van der Waals surface area contributed by atoms with E-state index in [1.807, 2.05) is 12.1 Å². The lowest BCUT2D eigenvalue weighted by Gasteiger charge is -2.05. The van der Waals surface area contributed by atoms with Gasteiger partial charge in [0, 0.05) is 31.3 Å². The Morgan fingerprint density at radius 3 is 2.81 bits per heavy atom. The summed E-state index contributed by atoms with van der Waals surface area (Å²) in [4.78, 5) is 20.6. The van der Waals surface area contributed by atoms with Crippen LogP contribution in [-0.4, -0.2) is 30.2 Å². The molecule has 0 atom stereocenters. The van der Waals surface area contributed by atoms with Crippen molar-refractivity contribution in [2.24, 2.45) is 0 Å². The summed E-state index contributed by atoms with van der Waals surface area (Å²) in [5.74, 6) is 0.0703. The molecule has 3 heterocycles. The zero-order valence-electron chi connectivity index (χ0n) is 14.2. The molecule has 3 aromatic heterocycles. The molecule has 0 saturated carbocycles. The third-order valence-corrected chi connectivity index (χ3v) is 3.93. The topological polar surface area (TPSA) is 77.6 Å². The van der Waals surface area contributed by atoms with E-state index in [1.165, 1.54) is 16.8 Å². The summed E-state index contributed by atoms with van der Waals surface area (Å²) in [6.07, 6.45) is 8.46. The fraction of sp³-hybridized carbons (Fsp3) is 0.0526. The fourth-order valence-electron chi connectivity index (χ4n) is 2.55. The molecule has 7 nitrogen and oxygen atoms in total. The predicted octanol–water partition coefficient (Wildman–Crippen LogP) is 2.52. The lowest BCUT2D eigenvalue weighted by molar-refractivity contribution is 0.0945. The standard InChI is InChI=1S/C19H15FN6O/c20-15-2-1-3-16(10-15)26-8-6-17(24-26)19(27)23-12-14-4-5-18(22-11-14)25-9-7-21-13-25/h1-11,13H,12H2,(H,23,27). The van der Waals surface area contributed by atoms with E-state index in [0.717, 1.165) is 11.4 Å². The van der Waals surface area contributed by atoms with Crippen LogP contribution >= 0.6 is 0 Å². The molecule has 0 radical (unpaired) electrons. The van der Waals surface area contributed by atoms with Crippen LogP contribution in [0.2, 0.25) is 0 Å². The normalized spacial score (nSPS) is 10.7. The molecule has 1 aromatic carbocycles. The van der Waals surface area contributed by atoms with Gasteiger partial charge in [0.15, 0.2) is 5.69 Å². The lowest BCUT2D eigenvalue weighted by atomic mass is 10.2. The number of hydrogen-bond acceptors (Lipinski definition) is 4. The summed E-state index contributed by atoms with van der Waals surface area (Å²) in [5.41, 5.74) is 1.66. The highest BCUT2D eigenvalue weighted by Gasteiger charge is 2.10. The molecule has 4 aromatic rings. The molecule has 1 N–H and O–H groups in total. The monoisotopic (exact) mass is 362 g/mol. The smallest absolute Gasteiger partial charge is 0.272 e. The van der Waals surface area contributed by atoms with E-state index in [-0.39, 0.29) is 17.4 Å². The van der Waals surface area contributed by atoms with Crippen molar-refractivity contribution >= 4 is 5.91 Å². The summed E-state index contributed by atoms with van der Waals surface area (Å²) in [5, 5.41) is 6.99. The van der Waals surface area contributed by atoms with Crippen LogP contribution in [0.1, 0.15) is 16.1 Å². The van der Waals surface area contributed by atoms with E-state index in [4.69, 9.17) is 0 Å². The van der Waals surface area contributed by atoms with Crippen molar-refractivity contribution in [2.75, 3.05) is 0 Å². The zero-order valence-corrected chi connectivity index (χ0v) is 14.2. The minimum Gasteiger partial charge on any atom is -0.347 e. The van der Waals surface area contributed by atoms with Crippen LogP contribution in [0.4, 0.5) is 4.39 Å². The molecule has 0 bridgehead atoms. The second kappa shape index (κ2) is 7.20. The Morgan fingerprint density at radius 1 is 1.15 bits per heavy atom. The SMILES string of the molecule is O=C(NCc1ccc(-n2ccnc2)nc1)c1ccn(-c2cccc(F)c2)n1. The first kappa shape index (κ1) is 16.6. The number of nitrogens with zero attached hydrogens (tertiary/aromatic N) is 5. The highest BCUT2D eigenvalue weighted by molar-refractivity contribution is 5.92. The third-order valence-electron chi connectivity index (χ3n) is 3.93. The molecule has 0 spiro atoms. The van der Waals surface area contributed by atoms with Crippen molar-refractivity contribution in [2.45, 2.75) is 6.54 Å². The number of pyridine rings is 1. The molecule has 0 aliphatic carbocycles. The van der Waals surface area contributed by atoms with Gasteiger partial charge in [0.05, 0.1) is 5.69 Å². The van der Waals surface area contributed by atoms with Gasteiger partial charge in [0.2, 0.25) is 0 Å². The molecule has 134 valence electrons. The maximum Gasteiger partial charge on any atom is 0.272 e. The summed E-state index contributed by atoms with van der Waals surface area (Å²) in [6.45, 7) is 0.322. The van der Waals surface area contributed by atoms with Gasteiger partial charge in [-0.15, -0.1) is 0 Å². The van der Waals surface area contributed by atoms with Gasteiger partial charge >= 0.3 is 0 Å². The molecule has 0 fully saturated rings. The zero-order chi connectivity index (χ0) is 18.6. The molecule has 0 unspecified atom stereocenters. The predicted molar refractivity (Wildman–Crippen MR) is 96.1 cm³/mol. The largest absolute Gasteiger partial charge is 0.347 e. The van der Waals surface area contributed by atoms with Crippen molar-refractivity contribution in [3.63, 3.8) is 0 Å². The number of carbonyl (C=O) groups is 1. The first-order valence-electron chi connectivity index (χ1n) is 8.22. The Labute approximate surface area is 154 Å². The van der Waals surface area contributed by atoms with Crippen molar-refractivity contribution in [3.05, 3.63) is 90.7 Å². The molecule has 1 amide bonds. The van der Waals surface area contributed by atoms with Gasteiger partial charge < -0.3 is 5.32 Å². The second-order valence-electron chi connectivity index (χ2n) is 5.80. The molecule has 8 heteroatoms. The summed E-state index contributed by atoms with van der Waals surface area (Å²) in [6, 6.07) is 11.3. The Bertz CT molecular complexity index is 1060. The highest BCUT2D eigenvalue weighted by Crippen LogP contribution is 2.10. The van der Waals surface area contributed by atoms with Crippen LogP contribution in [0.3, 0.4) is 0 Å². The van der Waals surface area contributed by atoms with E-state index < -0.39 is 0 Å². The number of benzene rings is 1. The lowest BCUT2D eigenvalue weighted by Crippen LogP contribution is -2.23. The first-order chi connectivity index (χ1) is 13.2. The quantitative estimate of drug-likeness (QED) is 0.592. The maximum absolute atomic E-state index is 13.3. The third kappa shape index (κ3) is 3.74. The number of hydrogen-bond donors (Lipinski definition) is 1. The van der Waals surface area contributed by atoms with Gasteiger partial charge in [-0.1, -0.05) is 12.1 Å². The summed E-state index contributed by atoms with van der Waals surface area (Å²) >= 11 is 0. The second-order valence-corrected chi connectivity index (χ2v) is 5.80. The van der Waals surface area contributed by atoms with E-state index in [9.17, 15) is 9.18 Å². The number of halogens is 1.